The van der Waals surface area contributed by atoms with Gasteiger partial charge in [-0.3, -0.25) is 0 Å². The maximum atomic E-state index is 3.57. The molecule has 1 fully saturated rings. The average molecular weight is 248 g/mol. The molecule has 0 aromatic heterocycles. The second kappa shape index (κ2) is 6.02. The van der Waals surface area contributed by atoms with E-state index < -0.39 is 0 Å². The molecule has 1 rings (SSSR count). The number of rotatable bonds is 4. The highest BCUT2D eigenvalue weighted by Gasteiger charge is 2.17. The molecule has 0 atom stereocenters. The SMILES string of the molecule is CC(C)CCN1CCC(CBr)CC1. The van der Waals surface area contributed by atoms with Crippen LogP contribution in [-0.4, -0.2) is 29.9 Å². The Morgan fingerprint density at radius 2 is 1.92 bits per heavy atom. The van der Waals surface area contributed by atoms with E-state index in [1.54, 1.807) is 0 Å². The molecule has 0 amide bonds. The number of halogens is 1. The molecule has 0 aromatic carbocycles. The Bertz CT molecular complexity index is 128. The minimum absolute atomic E-state index is 0.855. The molecule has 0 aromatic rings. The zero-order chi connectivity index (χ0) is 9.68. The van der Waals surface area contributed by atoms with Crippen LogP contribution in [0.3, 0.4) is 0 Å². The van der Waals surface area contributed by atoms with Crippen molar-refractivity contribution in [3.05, 3.63) is 0 Å². The molecule has 2 heteroatoms. The predicted octanol–water partition coefficient (Wildman–Crippen LogP) is 3.14. The highest BCUT2D eigenvalue weighted by atomic mass is 79.9. The van der Waals surface area contributed by atoms with Crippen LogP contribution in [0, 0.1) is 11.8 Å². The Kier molecular flexibility index (Phi) is 5.34. The Hall–Kier alpha value is 0.440. The van der Waals surface area contributed by atoms with Crippen molar-refractivity contribution < 1.29 is 0 Å². The summed E-state index contributed by atoms with van der Waals surface area (Å²) in [7, 11) is 0. The van der Waals surface area contributed by atoms with Gasteiger partial charge in [-0.2, -0.15) is 0 Å². The third-order valence-electron chi connectivity index (χ3n) is 2.95. The van der Waals surface area contributed by atoms with E-state index in [1.807, 2.05) is 0 Å². The summed E-state index contributed by atoms with van der Waals surface area (Å²) in [6.07, 6.45) is 4.14. The molecule has 0 saturated carbocycles. The van der Waals surface area contributed by atoms with Crippen molar-refractivity contribution in [2.45, 2.75) is 33.1 Å². The molecule has 0 radical (unpaired) electrons. The lowest BCUT2D eigenvalue weighted by molar-refractivity contribution is 0.186. The monoisotopic (exact) mass is 247 g/mol. The van der Waals surface area contributed by atoms with Crippen LogP contribution in [0.15, 0.2) is 0 Å². The summed E-state index contributed by atoms with van der Waals surface area (Å²) in [5, 5.41) is 1.20. The van der Waals surface area contributed by atoms with Crippen molar-refractivity contribution in [1.29, 1.82) is 0 Å². The fourth-order valence-electron chi connectivity index (χ4n) is 1.81. The van der Waals surface area contributed by atoms with E-state index in [1.165, 1.54) is 44.2 Å². The van der Waals surface area contributed by atoms with E-state index in [9.17, 15) is 0 Å². The van der Waals surface area contributed by atoms with Crippen molar-refractivity contribution >= 4 is 15.9 Å². The minimum atomic E-state index is 0.855. The van der Waals surface area contributed by atoms with Gasteiger partial charge in [0.05, 0.1) is 0 Å². The van der Waals surface area contributed by atoms with Gasteiger partial charge >= 0.3 is 0 Å². The standard InChI is InChI=1S/C11H22BrN/c1-10(2)3-6-13-7-4-11(9-12)5-8-13/h10-11H,3-9H2,1-2H3. The normalized spacial score (nSPS) is 21.2. The molecule has 1 nitrogen and oxygen atoms in total. The molecule has 1 heterocycles. The second-order valence-electron chi connectivity index (χ2n) is 4.62. The molecule has 0 bridgehead atoms. The largest absolute Gasteiger partial charge is 0.303 e. The first kappa shape index (κ1) is 11.5. The van der Waals surface area contributed by atoms with Crippen LogP contribution in [-0.2, 0) is 0 Å². The van der Waals surface area contributed by atoms with Crippen molar-refractivity contribution in [3.63, 3.8) is 0 Å². The molecule has 1 aliphatic rings. The Balaban J connectivity index is 2.10. The van der Waals surface area contributed by atoms with Crippen molar-refractivity contribution in [2.24, 2.45) is 11.8 Å². The van der Waals surface area contributed by atoms with Gasteiger partial charge in [-0.1, -0.05) is 29.8 Å². The van der Waals surface area contributed by atoms with Crippen molar-refractivity contribution in [3.8, 4) is 0 Å². The fourth-order valence-corrected chi connectivity index (χ4v) is 2.45. The highest BCUT2D eigenvalue weighted by molar-refractivity contribution is 9.09. The topological polar surface area (TPSA) is 3.24 Å². The van der Waals surface area contributed by atoms with Gasteiger partial charge in [-0.25, -0.2) is 0 Å². The molecule has 1 aliphatic heterocycles. The van der Waals surface area contributed by atoms with Gasteiger partial charge in [0.2, 0.25) is 0 Å². The number of likely N-dealkylation sites (tertiary alicyclic amines) is 1. The maximum absolute atomic E-state index is 3.57. The van der Waals surface area contributed by atoms with Gasteiger partial charge in [0, 0.05) is 5.33 Å². The predicted molar refractivity (Wildman–Crippen MR) is 62.4 cm³/mol. The van der Waals surface area contributed by atoms with Crippen LogP contribution in [0.4, 0.5) is 0 Å². The van der Waals surface area contributed by atoms with Crippen molar-refractivity contribution in [2.75, 3.05) is 25.0 Å². The quantitative estimate of drug-likeness (QED) is 0.691. The number of nitrogens with zero attached hydrogens (tertiary/aromatic N) is 1. The molecular weight excluding hydrogens is 226 g/mol. The summed E-state index contributed by atoms with van der Waals surface area (Å²) >= 11 is 3.57. The summed E-state index contributed by atoms with van der Waals surface area (Å²) < 4.78 is 0. The average Bonchev–Trinajstić information content (AvgIpc) is 2.15. The van der Waals surface area contributed by atoms with Gasteiger partial charge in [0.15, 0.2) is 0 Å². The fraction of sp³-hybridized carbons (Fsp3) is 1.00. The lowest BCUT2D eigenvalue weighted by atomic mass is 9.98. The number of piperidine rings is 1. The van der Waals surface area contributed by atoms with Gasteiger partial charge in [0.25, 0.3) is 0 Å². The van der Waals surface area contributed by atoms with E-state index in [0.717, 1.165) is 11.8 Å². The summed E-state index contributed by atoms with van der Waals surface area (Å²) in [6.45, 7) is 8.58. The van der Waals surface area contributed by atoms with E-state index in [-0.39, 0.29) is 0 Å². The first-order valence-electron chi connectivity index (χ1n) is 5.50. The van der Waals surface area contributed by atoms with E-state index >= 15 is 0 Å². The van der Waals surface area contributed by atoms with Gasteiger partial charge in [-0.05, 0) is 50.7 Å². The zero-order valence-electron chi connectivity index (χ0n) is 8.93. The molecule has 0 spiro atoms. The molecule has 0 N–H and O–H groups in total. The Morgan fingerprint density at radius 3 is 2.38 bits per heavy atom. The highest BCUT2D eigenvalue weighted by Crippen LogP contribution is 2.19. The van der Waals surface area contributed by atoms with E-state index in [4.69, 9.17) is 0 Å². The van der Waals surface area contributed by atoms with Crippen molar-refractivity contribution in [1.82, 2.24) is 4.90 Å². The molecular formula is C11H22BrN. The lowest BCUT2D eigenvalue weighted by Crippen LogP contribution is -2.35. The second-order valence-corrected chi connectivity index (χ2v) is 5.27. The van der Waals surface area contributed by atoms with E-state index in [0.29, 0.717) is 0 Å². The molecule has 0 unspecified atom stereocenters. The summed E-state index contributed by atoms with van der Waals surface area (Å²) in [5.74, 6) is 1.80. The third kappa shape index (κ3) is 4.46. The molecule has 13 heavy (non-hydrogen) atoms. The molecule has 1 saturated heterocycles. The Labute approximate surface area is 91.0 Å². The molecule has 78 valence electrons. The van der Waals surface area contributed by atoms with E-state index in [2.05, 4.69) is 34.7 Å². The van der Waals surface area contributed by atoms with Crippen LogP contribution in [0.25, 0.3) is 0 Å². The van der Waals surface area contributed by atoms with Gasteiger partial charge < -0.3 is 4.90 Å². The first-order chi connectivity index (χ1) is 6.22. The number of hydrogen-bond donors (Lipinski definition) is 0. The number of hydrogen-bond acceptors (Lipinski definition) is 1. The van der Waals surface area contributed by atoms with Crippen LogP contribution in [0.1, 0.15) is 33.1 Å². The van der Waals surface area contributed by atoms with Crippen LogP contribution in [0.2, 0.25) is 0 Å². The Morgan fingerprint density at radius 1 is 1.31 bits per heavy atom. The summed E-state index contributed by atoms with van der Waals surface area (Å²) in [5.41, 5.74) is 0. The summed E-state index contributed by atoms with van der Waals surface area (Å²) in [6, 6.07) is 0. The van der Waals surface area contributed by atoms with Crippen LogP contribution >= 0.6 is 15.9 Å². The van der Waals surface area contributed by atoms with Gasteiger partial charge in [0.1, 0.15) is 0 Å². The molecule has 0 aliphatic carbocycles. The third-order valence-corrected chi connectivity index (χ3v) is 3.86. The maximum Gasteiger partial charge on any atom is 0.00606 e. The smallest absolute Gasteiger partial charge is 0.00606 e. The van der Waals surface area contributed by atoms with Crippen LogP contribution in [0.5, 0.6) is 0 Å². The van der Waals surface area contributed by atoms with Crippen LogP contribution < -0.4 is 0 Å². The zero-order valence-corrected chi connectivity index (χ0v) is 10.5. The summed E-state index contributed by atoms with van der Waals surface area (Å²) in [4.78, 5) is 2.62. The minimum Gasteiger partial charge on any atom is -0.303 e. The number of alkyl halides is 1. The lowest BCUT2D eigenvalue weighted by Gasteiger charge is -2.31. The van der Waals surface area contributed by atoms with Gasteiger partial charge in [-0.15, -0.1) is 0 Å². The first-order valence-corrected chi connectivity index (χ1v) is 6.63.